The summed E-state index contributed by atoms with van der Waals surface area (Å²) in [6.45, 7) is 10.6. The number of carbonyl (C=O) groups is 2. The van der Waals surface area contributed by atoms with Crippen molar-refractivity contribution in [3.63, 3.8) is 0 Å². The molecule has 0 aliphatic carbocycles. The van der Waals surface area contributed by atoms with Crippen LogP contribution in [0.15, 0.2) is 12.7 Å². The van der Waals surface area contributed by atoms with E-state index in [0.29, 0.717) is 19.3 Å². The van der Waals surface area contributed by atoms with Gasteiger partial charge in [0.25, 0.3) is 0 Å². The molecule has 0 aromatic rings. The van der Waals surface area contributed by atoms with E-state index in [-0.39, 0.29) is 45.2 Å². The van der Waals surface area contributed by atoms with Crippen molar-refractivity contribution < 1.29 is 39.5 Å². The van der Waals surface area contributed by atoms with Gasteiger partial charge in [0.2, 0.25) is 0 Å². The van der Waals surface area contributed by atoms with Crippen molar-refractivity contribution in [1.29, 1.82) is 0 Å². The number of hydrogen-bond acceptors (Lipinski definition) is 7. The number of aliphatic hydroxyl groups is 3. The van der Waals surface area contributed by atoms with Crippen LogP contribution in [0, 0.1) is 5.41 Å². The quantitative estimate of drug-likeness (QED) is 0.211. The molecule has 8 nitrogen and oxygen atoms in total. The SMILES string of the molecule is C=CCOC(=O)CCCCC(=O)O.CCC(CO)(CO)CO.CCOCC. The van der Waals surface area contributed by atoms with Gasteiger partial charge >= 0.3 is 11.9 Å². The maximum atomic E-state index is 10.8. The lowest BCUT2D eigenvalue weighted by molar-refractivity contribution is -0.143. The molecule has 0 rings (SSSR count). The Morgan fingerprint density at radius 3 is 1.70 bits per heavy atom. The van der Waals surface area contributed by atoms with E-state index in [1.807, 2.05) is 20.8 Å². The molecule has 0 radical (unpaired) electrons. The molecule has 0 heterocycles. The zero-order valence-electron chi connectivity index (χ0n) is 17.0. The molecule has 8 heteroatoms. The summed E-state index contributed by atoms with van der Waals surface area (Å²) in [5, 5.41) is 34.3. The minimum Gasteiger partial charge on any atom is -0.481 e. The van der Waals surface area contributed by atoms with Crippen LogP contribution in [0.25, 0.3) is 0 Å². The maximum absolute atomic E-state index is 10.8. The van der Waals surface area contributed by atoms with E-state index in [4.69, 9.17) is 29.9 Å². The lowest BCUT2D eigenvalue weighted by Gasteiger charge is -2.24. The highest BCUT2D eigenvalue weighted by Gasteiger charge is 2.24. The first kappa shape index (κ1) is 30.3. The Balaban J connectivity index is -0.000000356. The molecule has 0 fully saturated rings. The molecular formula is C19H38O8. The van der Waals surface area contributed by atoms with Crippen LogP contribution in [0.4, 0.5) is 0 Å². The first-order valence-corrected chi connectivity index (χ1v) is 9.21. The predicted molar refractivity (Wildman–Crippen MR) is 103 cm³/mol. The Kier molecular flexibility index (Phi) is 25.3. The Hall–Kier alpha value is -1.48. The van der Waals surface area contributed by atoms with E-state index in [0.717, 1.165) is 13.2 Å². The smallest absolute Gasteiger partial charge is 0.306 e. The fourth-order valence-corrected chi connectivity index (χ4v) is 1.46. The van der Waals surface area contributed by atoms with Gasteiger partial charge in [0.05, 0.1) is 19.8 Å². The number of rotatable bonds is 13. The van der Waals surface area contributed by atoms with Gasteiger partial charge in [-0.2, -0.15) is 0 Å². The predicted octanol–water partition coefficient (Wildman–Crippen LogP) is 1.76. The van der Waals surface area contributed by atoms with Gasteiger partial charge in [0.1, 0.15) is 6.61 Å². The molecule has 0 saturated heterocycles. The van der Waals surface area contributed by atoms with Crippen LogP contribution in [0.5, 0.6) is 0 Å². The van der Waals surface area contributed by atoms with Crippen molar-refractivity contribution in [1.82, 2.24) is 0 Å². The number of carbonyl (C=O) groups excluding carboxylic acids is 1. The van der Waals surface area contributed by atoms with Crippen LogP contribution in [0.1, 0.15) is 52.9 Å². The number of aliphatic hydroxyl groups excluding tert-OH is 3. The van der Waals surface area contributed by atoms with E-state index in [1.165, 1.54) is 6.08 Å². The highest BCUT2D eigenvalue weighted by atomic mass is 16.5. The summed E-state index contributed by atoms with van der Waals surface area (Å²) in [5.74, 6) is -1.13. The average Bonchev–Trinajstić information content (AvgIpc) is 2.67. The highest BCUT2D eigenvalue weighted by Crippen LogP contribution is 2.18. The van der Waals surface area contributed by atoms with Crippen LogP contribution < -0.4 is 0 Å². The number of esters is 1. The topological polar surface area (TPSA) is 134 Å². The molecule has 0 saturated carbocycles. The zero-order valence-corrected chi connectivity index (χ0v) is 17.0. The number of carboxylic acid groups (broad SMARTS) is 1. The number of hydrogen-bond donors (Lipinski definition) is 4. The van der Waals surface area contributed by atoms with Crippen molar-refractivity contribution in [2.24, 2.45) is 5.41 Å². The molecule has 0 amide bonds. The molecule has 0 aliphatic rings. The molecular weight excluding hydrogens is 356 g/mol. The summed E-state index contributed by atoms with van der Waals surface area (Å²) in [6.07, 6.45) is 3.54. The molecule has 0 atom stereocenters. The fourth-order valence-electron chi connectivity index (χ4n) is 1.46. The van der Waals surface area contributed by atoms with Crippen molar-refractivity contribution >= 4 is 11.9 Å². The van der Waals surface area contributed by atoms with Gasteiger partial charge < -0.3 is 29.9 Å². The van der Waals surface area contributed by atoms with Gasteiger partial charge in [-0.15, -0.1) is 0 Å². The number of unbranched alkanes of at least 4 members (excludes halogenated alkanes) is 1. The van der Waals surface area contributed by atoms with Crippen molar-refractivity contribution in [3.05, 3.63) is 12.7 Å². The summed E-state index contributed by atoms with van der Waals surface area (Å²) >= 11 is 0. The lowest BCUT2D eigenvalue weighted by Crippen LogP contribution is -2.32. The average molecular weight is 395 g/mol. The van der Waals surface area contributed by atoms with Gasteiger partial charge in [-0.1, -0.05) is 19.6 Å². The zero-order chi connectivity index (χ0) is 21.6. The van der Waals surface area contributed by atoms with Gasteiger partial charge in [-0.05, 0) is 33.1 Å². The standard InChI is InChI=1S/C9H14O4.C6H14O3.C4H10O/c1-2-7-13-9(12)6-4-3-5-8(10)11;1-2-6(3-7,4-8)5-9;1-3-5-4-2/h2H,1,3-7H2,(H,10,11);7-9H,2-5H2,1H3;3-4H2,1-2H3. The Morgan fingerprint density at radius 1 is 0.963 bits per heavy atom. The Labute approximate surface area is 162 Å². The largest absolute Gasteiger partial charge is 0.481 e. The van der Waals surface area contributed by atoms with Gasteiger partial charge in [-0.25, -0.2) is 0 Å². The highest BCUT2D eigenvalue weighted by molar-refractivity contribution is 5.69. The van der Waals surface area contributed by atoms with Crippen LogP contribution >= 0.6 is 0 Å². The Morgan fingerprint density at radius 2 is 1.44 bits per heavy atom. The molecule has 0 aromatic carbocycles. The van der Waals surface area contributed by atoms with Crippen LogP contribution in [0.2, 0.25) is 0 Å². The molecule has 0 aromatic heterocycles. The third-order valence-corrected chi connectivity index (χ3v) is 3.55. The monoisotopic (exact) mass is 394 g/mol. The van der Waals surface area contributed by atoms with Crippen molar-refractivity contribution in [2.75, 3.05) is 39.6 Å². The number of aliphatic carboxylic acids is 1. The van der Waals surface area contributed by atoms with Crippen molar-refractivity contribution in [3.8, 4) is 0 Å². The van der Waals surface area contributed by atoms with E-state index in [9.17, 15) is 9.59 Å². The van der Waals surface area contributed by atoms with Crippen LogP contribution in [-0.4, -0.2) is 72.0 Å². The van der Waals surface area contributed by atoms with Crippen LogP contribution in [-0.2, 0) is 19.1 Å². The third-order valence-electron chi connectivity index (χ3n) is 3.55. The van der Waals surface area contributed by atoms with E-state index >= 15 is 0 Å². The summed E-state index contributed by atoms with van der Waals surface area (Å²) in [4.78, 5) is 20.9. The molecule has 0 aliphatic heterocycles. The van der Waals surface area contributed by atoms with Gasteiger partial charge in [0.15, 0.2) is 0 Å². The third kappa shape index (κ3) is 22.5. The van der Waals surface area contributed by atoms with Gasteiger partial charge in [-0.3, -0.25) is 9.59 Å². The molecule has 27 heavy (non-hydrogen) atoms. The molecule has 162 valence electrons. The molecule has 4 N–H and O–H groups in total. The first-order valence-electron chi connectivity index (χ1n) is 9.21. The molecule has 0 unspecified atom stereocenters. The number of carboxylic acids is 1. The van der Waals surface area contributed by atoms with E-state index in [1.54, 1.807) is 0 Å². The molecule has 0 bridgehead atoms. The molecule has 0 spiro atoms. The minimum absolute atomic E-state index is 0.106. The summed E-state index contributed by atoms with van der Waals surface area (Å²) < 4.78 is 9.53. The lowest BCUT2D eigenvalue weighted by atomic mass is 9.88. The summed E-state index contributed by atoms with van der Waals surface area (Å²) in [6, 6.07) is 0. The first-order chi connectivity index (χ1) is 12.8. The van der Waals surface area contributed by atoms with Gasteiger partial charge in [0, 0.05) is 31.5 Å². The van der Waals surface area contributed by atoms with E-state index in [2.05, 4.69) is 6.58 Å². The van der Waals surface area contributed by atoms with Crippen molar-refractivity contribution in [2.45, 2.75) is 52.9 Å². The second-order valence-corrected chi connectivity index (χ2v) is 5.68. The number of ether oxygens (including phenoxy) is 2. The Bertz CT molecular complexity index is 334. The summed E-state index contributed by atoms with van der Waals surface area (Å²) in [5.41, 5.74) is -0.667. The van der Waals surface area contributed by atoms with Crippen LogP contribution in [0.3, 0.4) is 0 Å². The maximum Gasteiger partial charge on any atom is 0.306 e. The summed E-state index contributed by atoms with van der Waals surface area (Å²) in [7, 11) is 0. The van der Waals surface area contributed by atoms with E-state index < -0.39 is 11.4 Å². The normalized spacial score (nSPS) is 10.0. The minimum atomic E-state index is -0.834. The second kappa shape index (κ2) is 22.6. The fraction of sp³-hybridized carbons (Fsp3) is 0.789. The second-order valence-electron chi connectivity index (χ2n) is 5.68.